The molecule has 0 fully saturated rings. The van der Waals surface area contributed by atoms with Crippen LogP contribution in [-0.2, 0) is 25.7 Å². The van der Waals surface area contributed by atoms with Crippen LogP contribution >= 0.6 is 0 Å². The second-order valence-electron chi connectivity index (χ2n) is 8.05. The molecular weight excluding hydrogens is 458 g/mol. The van der Waals surface area contributed by atoms with Crippen molar-refractivity contribution in [3.8, 4) is 11.1 Å². The summed E-state index contributed by atoms with van der Waals surface area (Å²) < 4.78 is 10.6. The minimum atomic E-state index is -1.26. The van der Waals surface area contributed by atoms with Gasteiger partial charge in [-0.2, -0.15) is 0 Å². The number of benzene rings is 3. The molecule has 0 aliphatic heterocycles. The highest BCUT2D eigenvalue weighted by molar-refractivity contribution is 5.81. The van der Waals surface area contributed by atoms with Crippen LogP contribution in [0, 0.1) is 0 Å². The van der Waals surface area contributed by atoms with E-state index >= 15 is 0 Å². The number of ether oxygens (including phenoxy) is 2. The number of aliphatic carboxylic acids is 1. The van der Waals surface area contributed by atoms with E-state index in [1.807, 2.05) is 92.7 Å². The predicted molar refractivity (Wildman–Crippen MR) is 136 cm³/mol. The van der Waals surface area contributed by atoms with Gasteiger partial charge < -0.3 is 19.9 Å². The molecule has 188 valence electrons. The number of esters is 1. The molecule has 7 heteroatoms. The molecule has 0 spiro atoms. The van der Waals surface area contributed by atoms with Crippen LogP contribution in [0.25, 0.3) is 11.1 Å². The average Bonchev–Trinajstić information content (AvgIpc) is 3.24. The molecule has 0 aromatic heterocycles. The number of carboxylic acid groups (broad SMARTS) is 1. The fourth-order valence-electron chi connectivity index (χ4n) is 4.11. The quantitative estimate of drug-likeness (QED) is 0.383. The Bertz CT molecular complexity index is 1130. The van der Waals surface area contributed by atoms with Crippen LogP contribution in [0.5, 0.6) is 0 Å². The third-order valence-electron chi connectivity index (χ3n) is 5.81. The van der Waals surface area contributed by atoms with Gasteiger partial charge >= 0.3 is 18.0 Å². The van der Waals surface area contributed by atoms with Crippen LogP contribution in [0.4, 0.5) is 4.79 Å². The largest absolute Gasteiger partial charge is 0.480 e. The summed E-state index contributed by atoms with van der Waals surface area (Å²) >= 11 is 0. The van der Waals surface area contributed by atoms with E-state index in [-0.39, 0.29) is 32.0 Å². The van der Waals surface area contributed by atoms with Gasteiger partial charge in [0.25, 0.3) is 0 Å². The number of hydrogen-bond acceptors (Lipinski definition) is 5. The molecule has 7 nitrogen and oxygen atoms in total. The molecule has 1 aliphatic rings. The maximum atomic E-state index is 12.4. The second-order valence-corrected chi connectivity index (χ2v) is 8.05. The first kappa shape index (κ1) is 26.5. The molecule has 1 amide bonds. The van der Waals surface area contributed by atoms with Crippen LogP contribution in [0.2, 0.25) is 0 Å². The number of amides is 1. The number of carbonyl (C=O) groups excluding carboxylic acids is 2. The summed E-state index contributed by atoms with van der Waals surface area (Å²) in [6, 6.07) is 23.8. The fourth-order valence-corrected chi connectivity index (χ4v) is 4.11. The summed E-state index contributed by atoms with van der Waals surface area (Å²) in [5, 5.41) is 11.8. The van der Waals surface area contributed by atoms with E-state index < -0.39 is 24.1 Å². The minimum absolute atomic E-state index is 0.0747. The Morgan fingerprint density at radius 3 is 1.97 bits per heavy atom. The highest BCUT2D eigenvalue weighted by Gasteiger charge is 2.29. The van der Waals surface area contributed by atoms with E-state index in [1.165, 1.54) is 0 Å². The van der Waals surface area contributed by atoms with Crippen molar-refractivity contribution in [1.82, 2.24) is 5.32 Å². The summed E-state index contributed by atoms with van der Waals surface area (Å²) in [7, 11) is 0. The third-order valence-corrected chi connectivity index (χ3v) is 5.81. The molecule has 36 heavy (non-hydrogen) atoms. The molecule has 0 heterocycles. The van der Waals surface area contributed by atoms with Crippen molar-refractivity contribution in [2.75, 3.05) is 6.61 Å². The van der Waals surface area contributed by atoms with Crippen LogP contribution in [-0.4, -0.2) is 35.8 Å². The third kappa shape index (κ3) is 6.72. The van der Waals surface area contributed by atoms with E-state index in [0.29, 0.717) is 0 Å². The first-order chi connectivity index (χ1) is 17.5. The van der Waals surface area contributed by atoms with Crippen molar-refractivity contribution in [1.29, 1.82) is 0 Å². The monoisotopic (exact) mass is 489 g/mol. The predicted octanol–water partition coefficient (Wildman–Crippen LogP) is 5.53. The molecule has 0 saturated heterocycles. The fraction of sp³-hybridized carbons (Fsp3) is 0.276. The first-order valence-corrected chi connectivity index (χ1v) is 12.1. The highest BCUT2D eigenvalue weighted by atomic mass is 16.5. The summed E-state index contributed by atoms with van der Waals surface area (Å²) in [6.45, 7) is 4.18. The van der Waals surface area contributed by atoms with Gasteiger partial charge in [0.15, 0.2) is 0 Å². The SMILES string of the molecule is CC.O=C(CCC(NC(=O)OCC1c2ccccc2-c2ccccc21)C(=O)O)OCc1ccccc1. The lowest BCUT2D eigenvalue weighted by Gasteiger charge is -2.17. The molecule has 2 N–H and O–H groups in total. The lowest BCUT2D eigenvalue weighted by atomic mass is 9.98. The number of carbonyl (C=O) groups is 3. The second kappa shape index (κ2) is 13.1. The maximum Gasteiger partial charge on any atom is 0.407 e. The zero-order chi connectivity index (χ0) is 25.9. The van der Waals surface area contributed by atoms with Crippen LogP contribution in [0.1, 0.15) is 49.3 Å². The number of carboxylic acids is 1. The van der Waals surface area contributed by atoms with Gasteiger partial charge in [0, 0.05) is 12.3 Å². The van der Waals surface area contributed by atoms with E-state index in [2.05, 4.69) is 5.32 Å². The summed E-state index contributed by atoms with van der Waals surface area (Å²) in [6.07, 6.45) is -1.09. The summed E-state index contributed by atoms with van der Waals surface area (Å²) in [4.78, 5) is 36.0. The van der Waals surface area contributed by atoms with Crippen molar-refractivity contribution in [3.05, 3.63) is 95.6 Å². The van der Waals surface area contributed by atoms with Gasteiger partial charge in [-0.25, -0.2) is 9.59 Å². The van der Waals surface area contributed by atoms with Gasteiger partial charge in [-0.05, 0) is 34.2 Å². The molecule has 0 bridgehead atoms. The zero-order valence-corrected chi connectivity index (χ0v) is 20.5. The lowest BCUT2D eigenvalue weighted by Crippen LogP contribution is -2.41. The van der Waals surface area contributed by atoms with Crippen LogP contribution < -0.4 is 5.32 Å². The molecule has 0 saturated carbocycles. The topological polar surface area (TPSA) is 102 Å². The minimum Gasteiger partial charge on any atom is -0.480 e. The number of rotatable bonds is 9. The van der Waals surface area contributed by atoms with Crippen molar-refractivity contribution in [2.24, 2.45) is 0 Å². The van der Waals surface area contributed by atoms with Gasteiger partial charge in [-0.15, -0.1) is 0 Å². The molecule has 1 unspecified atom stereocenters. The average molecular weight is 490 g/mol. The number of alkyl carbamates (subject to hydrolysis) is 1. The van der Waals surface area contributed by atoms with Crippen molar-refractivity contribution >= 4 is 18.0 Å². The summed E-state index contributed by atoms with van der Waals surface area (Å²) in [5.74, 6) is -1.91. The van der Waals surface area contributed by atoms with Gasteiger partial charge in [0.1, 0.15) is 19.3 Å². The van der Waals surface area contributed by atoms with E-state index in [1.54, 1.807) is 0 Å². The van der Waals surface area contributed by atoms with Crippen LogP contribution in [0.15, 0.2) is 78.9 Å². The van der Waals surface area contributed by atoms with Gasteiger partial charge in [0.2, 0.25) is 0 Å². The Hall–Kier alpha value is -4.13. The number of hydrogen-bond donors (Lipinski definition) is 2. The van der Waals surface area contributed by atoms with E-state index in [9.17, 15) is 19.5 Å². The highest BCUT2D eigenvalue weighted by Crippen LogP contribution is 2.44. The molecule has 4 rings (SSSR count). The van der Waals surface area contributed by atoms with Crippen LogP contribution in [0.3, 0.4) is 0 Å². The van der Waals surface area contributed by atoms with Gasteiger partial charge in [-0.3, -0.25) is 4.79 Å². The van der Waals surface area contributed by atoms with Crippen molar-refractivity contribution < 1.29 is 29.0 Å². The molecule has 0 radical (unpaired) electrons. The van der Waals surface area contributed by atoms with E-state index in [0.717, 1.165) is 27.8 Å². The Balaban J connectivity index is 0.00000176. The number of nitrogens with one attached hydrogen (secondary N) is 1. The molecular formula is C29H31NO6. The Labute approximate surface area is 211 Å². The maximum absolute atomic E-state index is 12.4. The molecule has 1 aliphatic carbocycles. The van der Waals surface area contributed by atoms with Crippen molar-refractivity contribution in [3.63, 3.8) is 0 Å². The number of fused-ring (bicyclic) bond motifs is 3. The molecule has 3 aromatic carbocycles. The van der Waals surface area contributed by atoms with E-state index in [4.69, 9.17) is 9.47 Å². The Morgan fingerprint density at radius 2 is 1.39 bits per heavy atom. The summed E-state index contributed by atoms with van der Waals surface area (Å²) in [5.41, 5.74) is 5.16. The van der Waals surface area contributed by atoms with Gasteiger partial charge in [0.05, 0.1) is 0 Å². The smallest absolute Gasteiger partial charge is 0.407 e. The van der Waals surface area contributed by atoms with Crippen molar-refractivity contribution in [2.45, 2.75) is 45.3 Å². The normalized spacial score (nSPS) is 12.3. The lowest BCUT2D eigenvalue weighted by molar-refractivity contribution is -0.145. The standard InChI is InChI=1S/C27H25NO6.C2H6/c29-25(33-16-18-8-2-1-3-9-18)15-14-24(26(30)31)28-27(32)34-17-23-21-12-6-4-10-19(21)20-11-5-7-13-22(20)23;1-2/h1-13,23-24H,14-17H2,(H,28,32)(H,30,31);1-2H3. The zero-order valence-electron chi connectivity index (χ0n) is 20.5. The Morgan fingerprint density at radius 1 is 0.833 bits per heavy atom. The molecule has 3 aromatic rings. The Kier molecular flexibility index (Phi) is 9.63. The van der Waals surface area contributed by atoms with Gasteiger partial charge in [-0.1, -0.05) is 92.7 Å². The first-order valence-electron chi connectivity index (χ1n) is 12.1. The molecule has 1 atom stereocenters.